The third-order valence-electron chi connectivity index (χ3n) is 4.94. The van der Waals surface area contributed by atoms with Gasteiger partial charge in [0.25, 0.3) is 0 Å². The molecule has 0 aromatic carbocycles. The molecule has 6 nitrogen and oxygen atoms in total. The van der Waals surface area contributed by atoms with Gasteiger partial charge in [-0.15, -0.1) is 11.3 Å². The molecule has 1 aliphatic rings. The minimum absolute atomic E-state index is 0.210. The van der Waals surface area contributed by atoms with E-state index >= 15 is 0 Å². The first-order valence-electron chi connectivity index (χ1n) is 8.97. The van der Waals surface area contributed by atoms with Crippen molar-refractivity contribution in [3.8, 4) is 0 Å². The van der Waals surface area contributed by atoms with Crippen molar-refractivity contribution in [2.45, 2.75) is 39.2 Å². The number of piperidine rings is 1. The summed E-state index contributed by atoms with van der Waals surface area (Å²) >= 11 is 7.52. The molecule has 1 fully saturated rings. The minimum atomic E-state index is -0.295. The largest absolute Gasteiger partial charge is 0.462 e. The molecule has 142 valence electrons. The van der Waals surface area contributed by atoms with E-state index in [4.69, 9.17) is 16.3 Å². The summed E-state index contributed by atoms with van der Waals surface area (Å²) < 4.78 is 5.32. The Morgan fingerprint density at radius 2 is 2.08 bits per heavy atom. The first-order valence-corrected chi connectivity index (χ1v) is 10.2. The Morgan fingerprint density at radius 1 is 1.38 bits per heavy atom. The predicted octanol–water partition coefficient (Wildman–Crippen LogP) is 3.75. The molecule has 26 heavy (non-hydrogen) atoms. The average Bonchev–Trinajstić information content (AvgIpc) is 2.95. The molecule has 2 aromatic rings. The molecule has 0 aliphatic carbocycles. The number of anilines is 1. The van der Waals surface area contributed by atoms with E-state index in [2.05, 4.69) is 33.9 Å². The maximum absolute atomic E-state index is 12.4. The maximum atomic E-state index is 12.4. The van der Waals surface area contributed by atoms with Crippen molar-refractivity contribution in [1.82, 2.24) is 14.9 Å². The van der Waals surface area contributed by atoms with Gasteiger partial charge in [0.1, 0.15) is 15.5 Å². The molecule has 0 unspecified atom stereocenters. The zero-order valence-corrected chi connectivity index (χ0v) is 17.3. The van der Waals surface area contributed by atoms with Gasteiger partial charge in [-0.2, -0.15) is 4.98 Å². The van der Waals surface area contributed by atoms with Gasteiger partial charge in [0.15, 0.2) is 0 Å². The number of hydrogen-bond donors (Lipinski definition) is 0. The molecule has 1 aliphatic heterocycles. The molecule has 0 amide bonds. The first kappa shape index (κ1) is 19.3. The van der Waals surface area contributed by atoms with E-state index in [0.717, 1.165) is 53.9 Å². The van der Waals surface area contributed by atoms with Crippen LogP contribution in [0, 0.1) is 6.92 Å². The Balaban J connectivity index is 1.99. The molecule has 3 rings (SSSR count). The lowest BCUT2D eigenvalue weighted by molar-refractivity contribution is 0.0510. The van der Waals surface area contributed by atoms with E-state index in [9.17, 15) is 4.79 Å². The molecule has 0 radical (unpaired) electrons. The minimum Gasteiger partial charge on any atom is -0.462 e. The highest BCUT2D eigenvalue weighted by atomic mass is 35.5. The topological polar surface area (TPSA) is 58.6 Å². The van der Waals surface area contributed by atoms with Gasteiger partial charge in [-0.3, -0.25) is 0 Å². The highest BCUT2D eigenvalue weighted by Crippen LogP contribution is 2.37. The molecule has 8 heteroatoms. The molecule has 0 atom stereocenters. The van der Waals surface area contributed by atoms with Gasteiger partial charge in [-0.1, -0.05) is 6.92 Å². The predicted molar refractivity (Wildman–Crippen MR) is 107 cm³/mol. The number of likely N-dealkylation sites (tertiary alicyclic amines) is 1. The third-order valence-corrected chi connectivity index (χ3v) is 6.27. The van der Waals surface area contributed by atoms with Gasteiger partial charge in [0.2, 0.25) is 5.28 Å². The number of aromatic nitrogens is 2. The fourth-order valence-corrected chi connectivity index (χ4v) is 4.64. The number of esters is 1. The average molecular weight is 397 g/mol. The van der Waals surface area contributed by atoms with Crippen molar-refractivity contribution in [3.63, 3.8) is 0 Å². The van der Waals surface area contributed by atoms with Crippen LogP contribution in [0.15, 0.2) is 0 Å². The summed E-state index contributed by atoms with van der Waals surface area (Å²) in [6, 6.07) is 0.398. The van der Waals surface area contributed by atoms with Gasteiger partial charge in [-0.05, 0) is 63.5 Å². The summed E-state index contributed by atoms with van der Waals surface area (Å²) in [7, 11) is 4.20. The van der Waals surface area contributed by atoms with Crippen LogP contribution in [0.3, 0.4) is 0 Å². The lowest BCUT2D eigenvalue weighted by Crippen LogP contribution is -2.42. The number of fused-ring (bicyclic) bond motifs is 1. The van der Waals surface area contributed by atoms with Crippen LogP contribution in [-0.4, -0.2) is 60.7 Å². The van der Waals surface area contributed by atoms with E-state index in [1.165, 1.54) is 11.3 Å². The second-order valence-electron chi connectivity index (χ2n) is 6.83. The first-order chi connectivity index (χ1) is 12.4. The van der Waals surface area contributed by atoms with Crippen LogP contribution in [0.4, 0.5) is 5.82 Å². The quantitative estimate of drug-likeness (QED) is 0.566. The van der Waals surface area contributed by atoms with Crippen LogP contribution in [0.1, 0.15) is 41.4 Å². The number of rotatable bonds is 5. The molecule has 1 saturated heterocycles. The summed E-state index contributed by atoms with van der Waals surface area (Å²) in [4.78, 5) is 27.1. The Labute approximate surface area is 163 Å². The molecule has 0 N–H and O–H groups in total. The zero-order valence-electron chi connectivity index (χ0n) is 15.7. The molecule has 0 bridgehead atoms. The summed E-state index contributed by atoms with van der Waals surface area (Å²) in [5, 5.41) is 1.12. The van der Waals surface area contributed by atoms with Crippen LogP contribution in [0.25, 0.3) is 10.2 Å². The summed E-state index contributed by atoms with van der Waals surface area (Å²) in [5.41, 5.74) is 0.873. The maximum Gasteiger partial charge on any atom is 0.348 e. The van der Waals surface area contributed by atoms with Crippen molar-refractivity contribution in [3.05, 3.63) is 15.7 Å². The molecular weight excluding hydrogens is 372 g/mol. The highest BCUT2D eigenvalue weighted by Gasteiger charge is 2.27. The summed E-state index contributed by atoms with van der Waals surface area (Å²) in [5.74, 6) is 0.509. The van der Waals surface area contributed by atoms with Gasteiger partial charge in [-0.25, -0.2) is 9.78 Å². The standard InChI is InChI=1S/C18H25ClN4O2S/c1-5-10-25-17(24)14-11(2)13-15(20-18(19)21-16(13)26-14)23(4)12-6-8-22(3)9-7-12/h12H,5-10H2,1-4H3. The van der Waals surface area contributed by atoms with Gasteiger partial charge < -0.3 is 14.5 Å². The number of carbonyl (C=O) groups excluding carboxylic acids is 1. The van der Waals surface area contributed by atoms with Crippen molar-refractivity contribution in [1.29, 1.82) is 0 Å². The third kappa shape index (κ3) is 3.80. The van der Waals surface area contributed by atoms with Crippen molar-refractivity contribution >= 4 is 44.9 Å². The second kappa shape index (κ2) is 8.06. The Bertz CT molecular complexity index is 802. The molecule has 2 aromatic heterocycles. The Morgan fingerprint density at radius 3 is 2.73 bits per heavy atom. The van der Waals surface area contributed by atoms with E-state index < -0.39 is 0 Å². The fraction of sp³-hybridized carbons (Fsp3) is 0.611. The van der Waals surface area contributed by atoms with Gasteiger partial charge in [0, 0.05) is 13.1 Å². The van der Waals surface area contributed by atoms with Crippen LogP contribution in [0.5, 0.6) is 0 Å². The van der Waals surface area contributed by atoms with Crippen molar-refractivity contribution < 1.29 is 9.53 Å². The number of nitrogens with zero attached hydrogens (tertiary/aromatic N) is 4. The summed E-state index contributed by atoms with van der Waals surface area (Å²) in [6.07, 6.45) is 2.95. The number of aryl methyl sites for hydroxylation is 1. The lowest BCUT2D eigenvalue weighted by Gasteiger charge is -2.36. The van der Waals surface area contributed by atoms with Crippen molar-refractivity contribution in [2.75, 3.05) is 38.7 Å². The second-order valence-corrected chi connectivity index (χ2v) is 8.17. The lowest BCUT2D eigenvalue weighted by atomic mass is 10.0. The number of carbonyl (C=O) groups is 1. The van der Waals surface area contributed by atoms with Gasteiger partial charge >= 0.3 is 5.97 Å². The van der Waals surface area contributed by atoms with Crippen LogP contribution in [-0.2, 0) is 4.74 Å². The molecule has 3 heterocycles. The van der Waals surface area contributed by atoms with Crippen LogP contribution >= 0.6 is 22.9 Å². The summed E-state index contributed by atoms with van der Waals surface area (Å²) in [6.45, 7) is 6.46. The van der Waals surface area contributed by atoms with E-state index in [1.54, 1.807) is 0 Å². The van der Waals surface area contributed by atoms with Gasteiger partial charge in [0.05, 0.1) is 12.0 Å². The zero-order chi connectivity index (χ0) is 18.8. The Hall–Kier alpha value is -1.44. The molecule has 0 saturated carbocycles. The SMILES string of the molecule is CCCOC(=O)c1sc2nc(Cl)nc(N(C)C3CCN(C)CC3)c2c1C. The highest BCUT2D eigenvalue weighted by molar-refractivity contribution is 7.20. The van der Waals surface area contributed by atoms with E-state index in [-0.39, 0.29) is 11.3 Å². The number of ether oxygens (including phenoxy) is 1. The number of halogens is 1. The monoisotopic (exact) mass is 396 g/mol. The molecule has 0 spiro atoms. The molecular formula is C18H25ClN4O2S. The Kier molecular flexibility index (Phi) is 5.99. The van der Waals surface area contributed by atoms with Crippen molar-refractivity contribution in [2.24, 2.45) is 0 Å². The van der Waals surface area contributed by atoms with E-state index in [0.29, 0.717) is 17.5 Å². The number of hydrogen-bond acceptors (Lipinski definition) is 7. The van der Waals surface area contributed by atoms with E-state index in [1.807, 2.05) is 13.8 Å². The smallest absolute Gasteiger partial charge is 0.348 e. The van der Waals surface area contributed by atoms with Crippen LogP contribution in [0.2, 0.25) is 5.28 Å². The van der Waals surface area contributed by atoms with Crippen LogP contribution < -0.4 is 4.90 Å². The number of thiophene rings is 1. The fourth-order valence-electron chi connectivity index (χ4n) is 3.36. The normalized spacial score (nSPS) is 16.2.